The van der Waals surface area contributed by atoms with Crippen LogP contribution in [0.15, 0.2) is 30.5 Å². The first kappa shape index (κ1) is 15.6. The van der Waals surface area contributed by atoms with Crippen molar-refractivity contribution in [3.05, 3.63) is 52.8 Å². The highest BCUT2D eigenvalue weighted by atomic mass is 16.2. The fourth-order valence-corrected chi connectivity index (χ4v) is 3.10. The molecule has 2 aromatic rings. The number of nitrogens with zero attached hydrogens (tertiary/aromatic N) is 2. The van der Waals surface area contributed by atoms with Gasteiger partial charge in [0, 0.05) is 13.2 Å². The first-order valence-electron chi connectivity index (χ1n) is 8.26. The molecule has 1 aliphatic rings. The molecule has 1 aromatic carbocycles. The number of aromatic nitrogens is 2. The van der Waals surface area contributed by atoms with Gasteiger partial charge in [-0.1, -0.05) is 18.2 Å². The number of benzene rings is 1. The Balaban J connectivity index is 1.57. The van der Waals surface area contributed by atoms with Gasteiger partial charge in [0.2, 0.25) is 0 Å². The monoisotopic (exact) mass is 312 g/mol. The summed E-state index contributed by atoms with van der Waals surface area (Å²) in [5.41, 5.74) is 5.05. The summed E-state index contributed by atoms with van der Waals surface area (Å²) in [6.45, 7) is 2.49. The van der Waals surface area contributed by atoms with Crippen LogP contribution < -0.4 is 10.6 Å². The number of amides is 2. The summed E-state index contributed by atoms with van der Waals surface area (Å²) in [4.78, 5) is 12.1. The molecule has 2 N–H and O–H groups in total. The highest BCUT2D eigenvalue weighted by molar-refractivity contribution is 5.74. The van der Waals surface area contributed by atoms with Crippen molar-refractivity contribution in [2.75, 3.05) is 0 Å². The number of hydrogen-bond acceptors (Lipinski definition) is 2. The second-order valence-electron chi connectivity index (χ2n) is 6.23. The summed E-state index contributed by atoms with van der Waals surface area (Å²) in [6, 6.07) is 8.34. The van der Waals surface area contributed by atoms with Crippen molar-refractivity contribution in [3.63, 3.8) is 0 Å². The molecule has 1 atom stereocenters. The molecule has 0 fully saturated rings. The van der Waals surface area contributed by atoms with Crippen LogP contribution in [0.25, 0.3) is 0 Å². The van der Waals surface area contributed by atoms with Gasteiger partial charge in [-0.15, -0.1) is 0 Å². The lowest BCUT2D eigenvalue weighted by molar-refractivity contribution is 0.237. The molecule has 2 amide bonds. The van der Waals surface area contributed by atoms with E-state index in [2.05, 4.69) is 33.9 Å². The van der Waals surface area contributed by atoms with Gasteiger partial charge < -0.3 is 10.6 Å². The molecular weight excluding hydrogens is 288 g/mol. The minimum Gasteiger partial charge on any atom is -0.333 e. The molecule has 0 saturated heterocycles. The van der Waals surface area contributed by atoms with Crippen LogP contribution in [0, 0.1) is 0 Å². The summed E-state index contributed by atoms with van der Waals surface area (Å²) < 4.78 is 1.76. The fraction of sp³-hybridized carbons (Fsp3) is 0.444. The molecule has 23 heavy (non-hydrogen) atoms. The number of nitrogens with one attached hydrogen (secondary N) is 2. The molecule has 0 radical (unpaired) electrons. The Hall–Kier alpha value is -2.30. The maximum absolute atomic E-state index is 12.1. The third-order valence-corrected chi connectivity index (χ3v) is 4.57. The second kappa shape index (κ2) is 6.86. The van der Waals surface area contributed by atoms with Crippen LogP contribution in [-0.2, 0) is 26.4 Å². The zero-order valence-corrected chi connectivity index (χ0v) is 13.8. The van der Waals surface area contributed by atoms with Crippen LogP contribution in [0.1, 0.15) is 48.2 Å². The predicted molar refractivity (Wildman–Crippen MR) is 90.1 cm³/mol. The third-order valence-electron chi connectivity index (χ3n) is 4.57. The summed E-state index contributed by atoms with van der Waals surface area (Å²) in [5, 5.41) is 9.97. The van der Waals surface area contributed by atoms with Crippen LogP contribution >= 0.6 is 0 Å². The number of rotatable bonds is 4. The van der Waals surface area contributed by atoms with Crippen molar-refractivity contribution in [2.45, 2.75) is 45.2 Å². The zero-order valence-electron chi connectivity index (χ0n) is 13.8. The van der Waals surface area contributed by atoms with Crippen molar-refractivity contribution >= 4 is 6.03 Å². The summed E-state index contributed by atoms with van der Waals surface area (Å²) >= 11 is 0. The maximum Gasteiger partial charge on any atom is 0.315 e. The number of fused-ring (bicyclic) bond motifs is 1. The molecule has 0 saturated carbocycles. The average Bonchev–Trinajstić information content (AvgIpc) is 2.97. The van der Waals surface area contributed by atoms with Crippen molar-refractivity contribution in [2.24, 2.45) is 7.05 Å². The molecule has 122 valence electrons. The van der Waals surface area contributed by atoms with Crippen molar-refractivity contribution in [1.29, 1.82) is 0 Å². The van der Waals surface area contributed by atoms with Gasteiger partial charge in [-0.05, 0) is 55.4 Å². The molecule has 5 heteroatoms. The van der Waals surface area contributed by atoms with E-state index in [4.69, 9.17) is 0 Å². The predicted octanol–water partition coefficient (Wildman–Crippen LogP) is 2.86. The molecule has 0 spiro atoms. The van der Waals surface area contributed by atoms with E-state index in [1.54, 1.807) is 10.9 Å². The Labute approximate surface area is 137 Å². The van der Waals surface area contributed by atoms with E-state index in [9.17, 15) is 4.79 Å². The first-order chi connectivity index (χ1) is 11.1. The van der Waals surface area contributed by atoms with E-state index < -0.39 is 0 Å². The summed E-state index contributed by atoms with van der Waals surface area (Å²) in [5.74, 6) is 0. The molecule has 0 aliphatic heterocycles. The minimum absolute atomic E-state index is 0.00577. The van der Waals surface area contributed by atoms with Crippen molar-refractivity contribution in [1.82, 2.24) is 20.4 Å². The van der Waals surface area contributed by atoms with Crippen LogP contribution in [0.4, 0.5) is 4.79 Å². The zero-order chi connectivity index (χ0) is 16.2. The Morgan fingerprint density at radius 2 is 2.04 bits per heavy atom. The van der Waals surface area contributed by atoms with Gasteiger partial charge in [0.05, 0.1) is 18.3 Å². The van der Waals surface area contributed by atoms with Crippen molar-refractivity contribution < 1.29 is 4.79 Å². The van der Waals surface area contributed by atoms with Gasteiger partial charge in [0.25, 0.3) is 0 Å². The van der Waals surface area contributed by atoms with Gasteiger partial charge in [-0.3, -0.25) is 4.68 Å². The SMILES string of the molecule is C[C@@H](NC(=O)NCc1ccnn1C)c1ccc2c(c1)CCCC2. The standard InChI is InChI=1S/C18H24N4O/c1-13(15-8-7-14-5-3-4-6-16(14)11-15)21-18(23)19-12-17-9-10-20-22(17)2/h7-11,13H,3-6,12H2,1-2H3,(H2,19,21,23)/t13-/m1/s1. The first-order valence-corrected chi connectivity index (χ1v) is 8.26. The van der Waals surface area contributed by atoms with Crippen LogP contribution in [0.3, 0.4) is 0 Å². The lowest BCUT2D eigenvalue weighted by Gasteiger charge is -2.20. The normalized spacial score (nSPS) is 14.9. The van der Waals surface area contributed by atoms with Crippen LogP contribution in [-0.4, -0.2) is 15.8 Å². The lowest BCUT2D eigenvalue weighted by atomic mass is 9.89. The molecule has 1 heterocycles. The second-order valence-corrected chi connectivity index (χ2v) is 6.23. The van der Waals surface area contributed by atoms with Crippen molar-refractivity contribution in [3.8, 4) is 0 Å². The highest BCUT2D eigenvalue weighted by Crippen LogP contribution is 2.24. The van der Waals surface area contributed by atoms with Gasteiger partial charge in [0.15, 0.2) is 0 Å². The maximum atomic E-state index is 12.1. The fourth-order valence-electron chi connectivity index (χ4n) is 3.10. The number of carbonyl (C=O) groups is 1. The lowest BCUT2D eigenvalue weighted by Crippen LogP contribution is -2.37. The average molecular weight is 312 g/mol. The Morgan fingerprint density at radius 1 is 1.26 bits per heavy atom. The third kappa shape index (κ3) is 3.73. The molecule has 0 unspecified atom stereocenters. The number of aryl methyl sites for hydroxylation is 3. The van der Waals surface area contributed by atoms with E-state index in [1.807, 2.05) is 20.0 Å². The summed E-state index contributed by atoms with van der Waals surface area (Å²) in [6.07, 6.45) is 6.62. The number of urea groups is 1. The summed E-state index contributed by atoms with van der Waals surface area (Å²) in [7, 11) is 1.87. The molecular formula is C18H24N4O. The largest absolute Gasteiger partial charge is 0.333 e. The van der Waals surface area contributed by atoms with Gasteiger partial charge in [0.1, 0.15) is 0 Å². The van der Waals surface area contributed by atoms with Crippen LogP contribution in [0.5, 0.6) is 0 Å². The molecule has 3 rings (SSSR count). The Bertz CT molecular complexity index is 692. The van der Waals surface area contributed by atoms with Crippen LogP contribution in [0.2, 0.25) is 0 Å². The Kier molecular flexibility index (Phi) is 4.65. The smallest absolute Gasteiger partial charge is 0.315 e. The van der Waals surface area contributed by atoms with E-state index in [0.717, 1.165) is 12.1 Å². The van der Waals surface area contributed by atoms with Gasteiger partial charge >= 0.3 is 6.03 Å². The van der Waals surface area contributed by atoms with E-state index in [0.29, 0.717) is 6.54 Å². The van der Waals surface area contributed by atoms with E-state index in [-0.39, 0.29) is 12.1 Å². The number of carbonyl (C=O) groups excluding carboxylic acids is 1. The van der Waals surface area contributed by atoms with E-state index >= 15 is 0 Å². The molecule has 1 aromatic heterocycles. The van der Waals surface area contributed by atoms with E-state index in [1.165, 1.54) is 36.0 Å². The quantitative estimate of drug-likeness (QED) is 0.912. The molecule has 1 aliphatic carbocycles. The highest BCUT2D eigenvalue weighted by Gasteiger charge is 2.14. The number of hydrogen-bond donors (Lipinski definition) is 2. The van der Waals surface area contributed by atoms with Gasteiger partial charge in [-0.25, -0.2) is 4.79 Å². The molecule has 5 nitrogen and oxygen atoms in total. The minimum atomic E-state index is -0.156. The molecule has 0 bridgehead atoms. The topological polar surface area (TPSA) is 59.0 Å². The van der Waals surface area contributed by atoms with Gasteiger partial charge in [-0.2, -0.15) is 5.10 Å². The Morgan fingerprint density at radius 3 is 2.78 bits per heavy atom.